The molecule has 0 spiro atoms. The first-order valence-corrected chi connectivity index (χ1v) is 5.15. The molecule has 17 heavy (non-hydrogen) atoms. The van der Waals surface area contributed by atoms with Crippen LogP contribution in [0.5, 0.6) is 5.88 Å². The molecule has 0 fully saturated rings. The van der Waals surface area contributed by atoms with Gasteiger partial charge in [-0.3, -0.25) is 0 Å². The molecule has 6 nitrogen and oxygen atoms in total. The molecule has 6 heteroatoms. The maximum Gasteiger partial charge on any atom is 0.216 e. The fraction of sp³-hybridized carbons (Fsp3) is 0.273. The molecule has 88 valence electrons. The smallest absolute Gasteiger partial charge is 0.216 e. The summed E-state index contributed by atoms with van der Waals surface area (Å²) < 4.78 is 5.02. The molecule has 0 saturated heterocycles. The number of nitrogens with zero attached hydrogens (tertiary/aromatic N) is 4. The molecule has 2 rings (SSSR count). The Balaban J connectivity index is 2.26. The van der Waals surface area contributed by atoms with Crippen LogP contribution in [-0.2, 0) is 6.54 Å². The Morgan fingerprint density at radius 1 is 1.18 bits per heavy atom. The normalized spacial score (nSPS) is 10.2. The lowest BCUT2D eigenvalue weighted by atomic mass is 10.3. The second-order valence-electron chi connectivity index (χ2n) is 3.39. The van der Waals surface area contributed by atoms with Crippen LogP contribution in [0.2, 0.25) is 0 Å². The van der Waals surface area contributed by atoms with E-state index >= 15 is 0 Å². The molecule has 0 aliphatic heterocycles. The summed E-state index contributed by atoms with van der Waals surface area (Å²) in [5, 5.41) is 3.04. The van der Waals surface area contributed by atoms with Crippen molar-refractivity contribution in [2.75, 3.05) is 14.2 Å². The monoisotopic (exact) mass is 231 g/mol. The minimum Gasteiger partial charge on any atom is -0.481 e. The topological polar surface area (TPSA) is 72.8 Å². The molecule has 0 unspecified atom stereocenters. The molecule has 2 heterocycles. The summed E-state index contributed by atoms with van der Waals surface area (Å²) in [5.74, 6) is 1.06. The standard InChI is InChI=1S/C11H13N5O/c1-12-4-8-5-13-11(14-6-8)9-3-10(17-2)16-7-15-9/h3,5-7,12H,4H2,1-2H3. The predicted octanol–water partition coefficient (Wildman–Crippen LogP) is 0.662. The molecule has 0 saturated carbocycles. The first-order valence-electron chi connectivity index (χ1n) is 5.15. The van der Waals surface area contributed by atoms with Gasteiger partial charge in [-0.05, 0) is 7.05 Å². The third kappa shape index (κ3) is 2.73. The highest BCUT2D eigenvalue weighted by Gasteiger charge is 2.04. The zero-order valence-corrected chi connectivity index (χ0v) is 9.71. The summed E-state index contributed by atoms with van der Waals surface area (Å²) in [5.41, 5.74) is 1.67. The third-order valence-electron chi connectivity index (χ3n) is 2.17. The van der Waals surface area contributed by atoms with Crippen LogP contribution in [0.15, 0.2) is 24.8 Å². The van der Waals surface area contributed by atoms with Crippen molar-refractivity contribution in [1.82, 2.24) is 25.3 Å². The van der Waals surface area contributed by atoms with Gasteiger partial charge in [-0.1, -0.05) is 0 Å². The van der Waals surface area contributed by atoms with Crippen LogP contribution in [0.1, 0.15) is 5.56 Å². The lowest BCUT2D eigenvalue weighted by molar-refractivity contribution is 0.397. The molecule has 0 atom stereocenters. The minimum atomic E-state index is 0.498. The number of methoxy groups -OCH3 is 1. The molecule has 0 aliphatic rings. The molecule has 0 radical (unpaired) electrons. The van der Waals surface area contributed by atoms with Crippen LogP contribution < -0.4 is 10.1 Å². The second-order valence-corrected chi connectivity index (χ2v) is 3.39. The molecule has 2 aromatic rings. The lowest BCUT2D eigenvalue weighted by Crippen LogP contribution is -2.06. The van der Waals surface area contributed by atoms with Crippen molar-refractivity contribution in [1.29, 1.82) is 0 Å². The molecule has 2 aromatic heterocycles. The Morgan fingerprint density at radius 2 is 1.94 bits per heavy atom. The zero-order chi connectivity index (χ0) is 12.1. The molecular formula is C11H13N5O. The van der Waals surface area contributed by atoms with E-state index in [2.05, 4.69) is 25.3 Å². The summed E-state index contributed by atoms with van der Waals surface area (Å²) in [4.78, 5) is 16.5. The molecule has 0 aromatic carbocycles. The van der Waals surface area contributed by atoms with Gasteiger partial charge < -0.3 is 10.1 Å². The molecule has 1 N–H and O–H groups in total. The molecule has 0 bridgehead atoms. The largest absolute Gasteiger partial charge is 0.481 e. The van der Waals surface area contributed by atoms with Crippen LogP contribution >= 0.6 is 0 Å². The Bertz CT molecular complexity index is 485. The van der Waals surface area contributed by atoms with E-state index in [-0.39, 0.29) is 0 Å². The van der Waals surface area contributed by atoms with Gasteiger partial charge in [0.15, 0.2) is 5.82 Å². The Morgan fingerprint density at radius 3 is 2.59 bits per heavy atom. The molecule has 0 aliphatic carbocycles. The maximum atomic E-state index is 5.02. The number of rotatable bonds is 4. The van der Waals surface area contributed by atoms with Gasteiger partial charge in [0.05, 0.1) is 7.11 Å². The van der Waals surface area contributed by atoms with Gasteiger partial charge in [-0.15, -0.1) is 0 Å². The fourth-order valence-electron chi connectivity index (χ4n) is 1.36. The number of hydrogen-bond donors (Lipinski definition) is 1. The number of ether oxygens (including phenoxy) is 1. The molecule has 0 amide bonds. The van der Waals surface area contributed by atoms with Gasteiger partial charge in [0.25, 0.3) is 0 Å². The summed E-state index contributed by atoms with van der Waals surface area (Å²) >= 11 is 0. The van der Waals surface area contributed by atoms with Gasteiger partial charge in [0, 0.05) is 30.6 Å². The van der Waals surface area contributed by atoms with Crippen LogP contribution in [0.25, 0.3) is 11.5 Å². The van der Waals surface area contributed by atoms with E-state index < -0.39 is 0 Å². The number of aromatic nitrogens is 4. The van der Waals surface area contributed by atoms with Gasteiger partial charge in [-0.25, -0.2) is 19.9 Å². The van der Waals surface area contributed by atoms with Crippen molar-refractivity contribution in [2.45, 2.75) is 6.54 Å². The predicted molar refractivity (Wildman–Crippen MR) is 62.4 cm³/mol. The number of hydrogen-bond acceptors (Lipinski definition) is 6. The van der Waals surface area contributed by atoms with E-state index in [1.807, 2.05) is 7.05 Å². The van der Waals surface area contributed by atoms with Crippen LogP contribution in [-0.4, -0.2) is 34.1 Å². The Hall–Kier alpha value is -2.08. The van der Waals surface area contributed by atoms with Crippen LogP contribution in [0, 0.1) is 0 Å². The third-order valence-corrected chi connectivity index (χ3v) is 2.17. The van der Waals surface area contributed by atoms with Crippen molar-refractivity contribution in [2.24, 2.45) is 0 Å². The quantitative estimate of drug-likeness (QED) is 0.833. The fourth-order valence-corrected chi connectivity index (χ4v) is 1.36. The van der Waals surface area contributed by atoms with E-state index in [1.165, 1.54) is 6.33 Å². The van der Waals surface area contributed by atoms with E-state index in [0.717, 1.165) is 12.1 Å². The van der Waals surface area contributed by atoms with Crippen molar-refractivity contribution in [3.05, 3.63) is 30.4 Å². The SMILES string of the molecule is CNCc1cnc(-c2cc(OC)ncn2)nc1. The minimum absolute atomic E-state index is 0.498. The maximum absolute atomic E-state index is 5.02. The second kappa shape index (κ2) is 5.31. The van der Waals surface area contributed by atoms with E-state index in [1.54, 1.807) is 25.6 Å². The van der Waals surface area contributed by atoms with Crippen LogP contribution in [0.4, 0.5) is 0 Å². The summed E-state index contributed by atoms with van der Waals surface area (Å²) in [6, 6.07) is 1.70. The first kappa shape index (κ1) is 11.4. The molecular weight excluding hydrogens is 218 g/mol. The van der Waals surface area contributed by atoms with Gasteiger partial charge >= 0.3 is 0 Å². The average molecular weight is 231 g/mol. The summed E-state index contributed by atoms with van der Waals surface area (Å²) in [7, 11) is 3.44. The van der Waals surface area contributed by atoms with E-state index in [0.29, 0.717) is 17.4 Å². The number of nitrogens with one attached hydrogen (secondary N) is 1. The zero-order valence-electron chi connectivity index (χ0n) is 9.71. The van der Waals surface area contributed by atoms with Gasteiger partial charge in [0.2, 0.25) is 5.88 Å². The summed E-state index contributed by atoms with van der Waals surface area (Å²) in [6.45, 7) is 0.743. The van der Waals surface area contributed by atoms with Crippen molar-refractivity contribution in [3.63, 3.8) is 0 Å². The van der Waals surface area contributed by atoms with Crippen molar-refractivity contribution >= 4 is 0 Å². The van der Waals surface area contributed by atoms with Crippen LogP contribution in [0.3, 0.4) is 0 Å². The first-order chi connectivity index (χ1) is 8.33. The summed E-state index contributed by atoms with van der Waals surface area (Å²) in [6.07, 6.45) is 4.97. The highest BCUT2D eigenvalue weighted by atomic mass is 16.5. The van der Waals surface area contributed by atoms with E-state index in [9.17, 15) is 0 Å². The van der Waals surface area contributed by atoms with E-state index in [4.69, 9.17) is 4.74 Å². The highest BCUT2D eigenvalue weighted by molar-refractivity contribution is 5.49. The average Bonchev–Trinajstić information content (AvgIpc) is 2.40. The van der Waals surface area contributed by atoms with Gasteiger partial charge in [0.1, 0.15) is 12.0 Å². The Kier molecular flexibility index (Phi) is 3.56. The van der Waals surface area contributed by atoms with Crippen molar-refractivity contribution in [3.8, 4) is 17.4 Å². The Labute approximate surface area is 99.1 Å². The van der Waals surface area contributed by atoms with Crippen molar-refractivity contribution < 1.29 is 4.74 Å². The lowest BCUT2D eigenvalue weighted by Gasteiger charge is -2.03. The highest BCUT2D eigenvalue weighted by Crippen LogP contribution is 2.15. The van der Waals surface area contributed by atoms with Gasteiger partial charge in [-0.2, -0.15) is 0 Å².